The Morgan fingerprint density at radius 2 is 2.20 bits per heavy atom. The first kappa shape index (κ1) is 8.65. The summed E-state index contributed by atoms with van der Waals surface area (Å²) in [5, 5.41) is 0. The van der Waals surface area contributed by atoms with E-state index in [1.165, 1.54) is 18.5 Å². The highest BCUT2D eigenvalue weighted by molar-refractivity contribution is 5.54. The van der Waals surface area contributed by atoms with Gasteiger partial charge in [0.15, 0.2) is 0 Å². The van der Waals surface area contributed by atoms with E-state index in [0.29, 0.717) is 0 Å². The molecule has 0 fully saturated rings. The molecule has 0 atom stereocenters. The highest BCUT2D eigenvalue weighted by Gasteiger charge is 2.14. The second-order valence-corrected chi connectivity index (χ2v) is 3.92. The summed E-state index contributed by atoms with van der Waals surface area (Å²) in [7, 11) is 0. The van der Waals surface area contributed by atoms with Gasteiger partial charge in [0.2, 0.25) is 0 Å². The normalized spacial score (nSPS) is 14.9. The third-order valence-corrected chi connectivity index (χ3v) is 2.92. The Labute approximate surface area is 88.8 Å². The maximum atomic E-state index is 4.49. The van der Waals surface area contributed by atoms with Crippen LogP contribution in [0.5, 0.6) is 0 Å². The van der Waals surface area contributed by atoms with Crippen LogP contribution < -0.4 is 0 Å². The van der Waals surface area contributed by atoms with Crippen LogP contribution in [-0.4, -0.2) is 14.5 Å². The van der Waals surface area contributed by atoms with Crippen molar-refractivity contribution in [3.63, 3.8) is 0 Å². The van der Waals surface area contributed by atoms with Gasteiger partial charge in [0.1, 0.15) is 5.82 Å². The number of nitrogens with zero attached hydrogens (tertiary/aromatic N) is 3. The fraction of sp³-hybridized carbons (Fsp3) is 0.333. The molecule has 0 unspecified atom stereocenters. The molecule has 15 heavy (non-hydrogen) atoms. The van der Waals surface area contributed by atoms with Gasteiger partial charge < -0.3 is 4.57 Å². The molecule has 0 N–H and O–H groups in total. The molecule has 3 rings (SSSR count). The number of aromatic nitrogens is 3. The first-order chi connectivity index (χ1) is 7.45. The van der Waals surface area contributed by atoms with Gasteiger partial charge in [-0.15, -0.1) is 0 Å². The summed E-state index contributed by atoms with van der Waals surface area (Å²) >= 11 is 0. The summed E-state index contributed by atoms with van der Waals surface area (Å²) in [6, 6.07) is 4.02. The van der Waals surface area contributed by atoms with E-state index in [1.807, 2.05) is 18.5 Å². The van der Waals surface area contributed by atoms with Crippen molar-refractivity contribution in [2.75, 3.05) is 0 Å². The average Bonchev–Trinajstić information content (AvgIpc) is 2.74. The summed E-state index contributed by atoms with van der Waals surface area (Å²) in [5.74, 6) is 1.07. The molecule has 2 aromatic heterocycles. The van der Waals surface area contributed by atoms with Gasteiger partial charge in [-0.3, -0.25) is 4.98 Å². The fourth-order valence-corrected chi connectivity index (χ4v) is 2.16. The zero-order valence-electron chi connectivity index (χ0n) is 8.56. The van der Waals surface area contributed by atoms with Gasteiger partial charge in [-0.1, -0.05) is 0 Å². The van der Waals surface area contributed by atoms with Crippen LogP contribution in [0.15, 0.2) is 30.7 Å². The Kier molecular flexibility index (Phi) is 2.02. The van der Waals surface area contributed by atoms with Gasteiger partial charge >= 0.3 is 0 Å². The largest absolute Gasteiger partial charge is 0.328 e. The highest BCUT2D eigenvalue weighted by atomic mass is 15.1. The molecule has 3 nitrogen and oxygen atoms in total. The quantitative estimate of drug-likeness (QED) is 0.705. The van der Waals surface area contributed by atoms with Crippen LogP contribution in [0, 0.1) is 0 Å². The molecule has 76 valence electrons. The van der Waals surface area contributed by atoms with Crippen LogP contribution in [0.1, 0.15) is 18.5 Å². The van der Waals surface area contributed by atoms with E-state index in [1.54, 1.807) is 6.20 Å². The van der Waals surface area contributed by atoms with Crippen molar-refractivity contribution in [1.82, 2.24) is 14.5 Å². The molecule has 1 aliphatic rings. The molecule has 2 aromatic rings. The van der Waals surface area contributed by atoms with Gasteiger partial charge in [0, 0.05) is 36.4 Å². The minimum atomic E-state index is 1.07. The molecule has 1 aliphatic heterocycles. The van der Waals surface area contributed by atoms with Crippen molar-refractivity contribution in [2.45, 2.75) is 25.8 Å². The first-order valence-electron chi connectivity index (χ1n) is 5.40. The van der Waals surface area contributed by atoms with Crippen molar-refractivity contribution in [3.8, 4) is 11.4 Å². The lowest BCUT2D eigenvalue weighted by Gasteiger charge is -2.16. The standard InChI is InChI=1S/C12H13N3/c1-2-7-15-11(5-1)9-14-12(15)10-4-3-6-13-8-10/h3-4,6,8-9H,1-2,5,7H2. The fourth-order valence-electron chi connectivity index (χ4n) is 2.16. The lowest BCUT2D eigenvalue weighted by Crippen LogP contribution is -2.10. The lowest BCUT2D eigenvalue weighted by molar-refractivity contribution is 0.536. The number of rotatable bonds is 1. The second kappa shape index (κ2) is 3.50. The zero-order chi connectivity index (χ0) is 10.1. The number of fused-ring (bicyclic) bond motifs is 1. The van der Waals surface area contributed by atoms with Gasteiger partial charge in [-0.05, 0) is 31.4 Å². The Bertz CT molecular complexity index is 459. The van der Waals surface area contributed by atoms with Crippen molar-refractivity contribution in [2.24, 2.45) is 0 Å². The molecule has 0 spiro atoms. The van der Waals surface area contributed by atoms with E-state index >= 15 is 0 Å². The van der Waals surface area contributed by atoms with E-state index in [4.69, 9.17) is 0 Å². The summed E-state index contributed by atoms with van der Waals surface area (Å²) < 4.78 is 2.32. The molecule has 0 saturated heterocycles. The summed E-state index contributed by atoms with van der Waals surface area (Å²) in [6.45, 7) is 1.10. The smallest absolute Gasteiger partial charge is 0.141 e. The Morgan fingerprint density at radius 1 is 1.20 bits per heavy atom. The van der Waals surface area contributed by atoms with E-state index in [-0.39, 0.29) is 0 Å². The topological polar surface area (TPSA) is 30.7 Å². The van der Waals surface area contributed by atoms with Gasteiger partial charge in [0.05, 0.1) is 0 Å². The number of imidazole rings is 1. The van der Waals surface area contributed by atoms with Crippen molar-refractivity contribution in [1.29, 1.82) is 0 Å². The van der Waals surface area contributed by atoms with E-state index in [9.17, 15) is 0 Å². The Balaban J connectivity index is 2.09. The third-order valence-electron chi connectivity index (χ3n) is 2.92. The lowest BCUT2D eigenvalue weighted by atomic mass is 10.1. The summed E-state index contributed by atoms with van der Waals surface area (Å²) in [6.07, 6.45) is 9.39. The number of aryl methyl sites for hydroxylation is 1. The van der Waals surface area contributed by atoms with E-state index in [0.717, 1.165) is 24.4 Å². The molecule has 0 aliphatic carbocycles. The third kappa shape index (κ3) is 1.44. The van der Waals surface area contributed by atoms with Crippen molar-refractivity contribution in [3.05, 3.63) is 36.4 Å². The Morgan fingerprint density at radius 3 is 3.07 bits per heavy atom. The Hall–Kier alpha value is -1.64. The van der Waals surface area contributed by atoms with E-state index in [2.05, 4.69) is 20.6 Å². The summed E-state index contributed by atoms with van der Waals surface area (Å²) in [4.78, 5) is 8.63. The molecule has 0 bridgehead atoms. The maximum Gasteiger partial charge on any atom is 0.141 e. The van der Waals surface area contributed by atoms with Gasteiger partial charge in [-0.2, -0.15) is 0 Å². The number of pyridine rings is 1. The predicted molar refractivity (Wildman–Crippen MR) is 58.4 cm³/mol. The average molecular weight is 199 g/mol. The minimum absolute atomic E-state index is 1.07. The summed E-state index contributed by atoms with van der Waals surface area (Å²) in [5.41, 5.74) is 2.48. The maximum absolute atomic E-state index is 4.49. The predicted octanol–water partition coefficient (Wildman–Crippen LogP) is 2.28. The number of hydrogen-bond donors (Lipinski definition) is 0. The molecule has 0 saturated carbocycles. The molecule has 3 heterocycles. The van der Waals surface area contributed by atoms with Crippen molar-refractivity contribution < 1.29 is 0 Å². The molecular formula is C12H13N3. The van der Waals surface area contributed by atoms with Crippen LogP contribution >= 0.6 is 0 Å². The van der Waals surface area contributed by atoms with E-state index < -0.39 is 0 Å². The van der Waals surface area contributed by atoms with Crippen LogP contribution in [0.25, 0.3) is 11.4 Å². The molecule has 0 radical (unpaired) electrons. The SMILES string of the molecule is c1cncc(-c2ncc3n2CCCC3)c1. The highest BCUT2D eigenvalue weighted by Crippen LogP contribution is 2.23. The van der Waals surface area contributed by atoms with Gasteiger partial charge in [0.25, 0.3) is 0 Å². The monoisotopic (exact) mass is 199 g/mol. The van der Waals surface area contributed by atoms with Crippen molar-refractivity contribution >= 4 is 0 Å². The van der Waals surface area contributed by atoms with Crippen LogP contribution in [0.2, 0.25) is 0 Å². The molecule has 0 aromatic carbocycles. The van der Waals surface area contributed by atoms with Crippen LogP contribution in [0.3, 0.4) is 0 Å². The van der Waals surface area contributed by atoms with Crippen LogP contribution in [-0.2, 0) is 13.0 Å². The minimum Gasteiger partial charge on any atom is -0.328 e. The molecular weight excluding hydrogens is 186 g/mol. The second-order valence-electron chi connectivity index (χ2n) is 3.92. The molecule has 0 amide bonds. The van der Waals surface area contributed by atoms with Crippen LogP contribution in [0.4, 0.5) is 0 Å². The van der Waals surface area contributed by atoms with Gasteiger partial charge in [-0.25, -0.2) is 4.98 Å². The first-order valence-corrected chi connectivity index (χ1v) is 5.40. The zero-order valence-corrected chi connectivity index (χ0v) is 8.56. The number of hydrogen-bond acceptors (Lipinski definition) is 2. The molecule has 3 heteroatoms.